The first-order valence-electron chi connectivity index (χ1n) is 8.68. The molecule has 0 amide bonds. The van der Waals surface area contributed by atoms with Gasteiger partial charge in [-0.3, -0.25) is 0 Å². The molecule has 0 atom stereocenters. The molecular weight excluding hydrogens is 371 g/mol. The maximum absolute atomic E-state index is 6.04. The van der Waals surface area contributed by atoms with Crippen LogP contribution in [-0.2, 0) is 0 Å². The molecule has 2 radical (unpaired) electrons. The fourth-order valence-electron chi connectivity index (χ4n) is 3.09. The van der Waals surface area contributed by atoms with E-state index in [4.69, 9.17) is 23.2 Å². The van der Waals surface area contributed by atoms with Crippen molar-refractivity contribution >= 4 is 23.2 Å². The molecule has 0 spiro atoms. The maximum Gasteiger partial charge on any atom is 0.0514 e. The molecule has 0 unspecified atom stereocenters. The summed E-state index contributed by atoms with van der Waals surface area (Å²) in [6.45, 7) is 0. The van der Waals surface area contributed by atoms with Crippen molar-refractivity contribution in [2.45, 2.75) is 0 Å². The van der Waals surface area contributed by atoms with Gasteiger partial charge in [-0.15, -0.1) is 0 Å². The molecule has 0 fully saturated rings. The van der Waals surface area contributed by atoms with Crippen LogP contribution >= 0.6 is 23.2 Å². The standard InChI is InChI=1S/C25H16Cl2/c26-22-13-9-18(10-14-22)24-7-3-1-5-20(24)17-21-6-2-4-8-25(21)19-11-15-23(27)16-12-19/h1-16H. The van der Waals surface area contributed by atoms with Crippen LogP contribution in [0.2, 0.25) is 10.0 Å². The van der Waals surface area contributed by atoms with Gasteiger partial charge in [0.15, 0.2) is 0 Å². The SMILES string of the molecule is Clc1ccc(-c2ccccc2[C]c2ccccc2-c2ccc(Cl)cc2)cc1. The average Bonchev–Trinajstić information content (AvgIpc) is 2.70. The van der Waals surface area contributed by atoms with Crippen LogP contribution in [0.3, 0.4) is 0 Å². The van der Waals surface area contributed by atoms with Crippen molar-refractivity contribution in [1.82, 2.24) is 0 Å². The van der Waals surface area contributed by atoms with E-state index in [1.807, 2.05) is 72.8 Å². The summed E-state index contributed by atoms with van der Waals surface area (Å²) in [5.41, 5.74) is 6.57. The second-order valence-electron chi connectivity index (χ2n) is 6.23. The van der Waals surface area contributed by atoms with Gasteiger partial charge in [0.05, 0.1) is 6.42 Å². The summed E-state index contributed by atoms with van der Waals surface area (Å²) in [4.78, 5) is 0. The summed E-state index contributed by atoms with van der Waals surface area (Å²) >= 11 is 12.1. The minimum Gasteiger partial charge on any atom is -0.0843 e. The van der Waals surface area contributed by atoms with E-state index >= 15 is 0 Å². The number of rotatable bonds is 4. The van der Waals surface area contributed by atoms with Gasteiger partial charge in [0, 0.05) is 10.0 Å². The third-order valence-corrected chi connectivity index (χ3v) is 4.94. The first kappa shape index (κ1) is 17.9. The summed E-state index contributed by atoms with van der Waals surface area (Å²) in [5.74, 6) is 0. The van der Waals surface area contributed by atoms with Crippen LogP contribution in [0, 0.1) is 6.42 Å². The van der Waals surface area contributed by atoms with Crippen LogP contribution < -0.4 is 0 Å². The minimum atomic E-state index is 0.734. The molecule has 0 saturated carbocycles. The first-order chi connectivity index (χ1) is 13.2. The molecule has 0 heterocycles. The lowest BCUT2D eigenvalue weighted by Crippen LogP contribution is -1.93. The Morgan fingerprint density at radius 1 is 0.444 bits per heavy atom. The topological polar surface area (TPSA) is 0 Å². The van der Waals surface area contributed by atoms with Crippen molar-refractivity contribution < 1.29 is 0 Å². The average molecular weight is 387 g/mol. The molecule has 0 aliphatic heterocycles. The first-order valence-corrected chi connectivity index (χ1v) is 9.43. The molecule has 0 bridgehead atoms. The third kappa shape index (κ3) is 4.08. The summed E-state index contributed by atoms with van der Waals surface area (Å²) in [6, 6.07) is 32.3. The lowest BCUT2D eigenvalue weighted by molar-refractivity contribution is 1.42. The van der Waals surface area contributed by atoms with Crippen molar-refractivity contribution in [1.29, 1.82) is 0 Å². The van der Waals surface area contributed by atoms with Crippen molar-refractivity contribution in [3.63, 3.8) is 0 Å². The normalized spacial score (nSPS) is 10.7. The molecule has 27 heavy (non-hydrogen) atoms. The predicted molar refractivity (Wildman–Crippen MR) is 115 cm³/mol. The zero-order chi connectivity index (χ0) is 18.6. The maximum atomic E-state index is 6.04. The Morgan fingerprint density at radius 2 is 0.815 bits per heavy atom. The molecule has 0 nitrogen and oxygen atoms in total. The lowest BCUT2D eigenvalue weighted by atomic mass is 9.91. The molecule has 4 aromatic carbocycles. The molecule has 130 valence electrons. The van der Waals surface area contributed by atoms with Gasteiger partial charge in [0.25, 0.3) is 0 Å². The minimum absolute atomic E-state index is 0.734. The highest BCUT2D eigenvalue weighted by molar-refractivity contribution is 6.30. The molecule has 2 heteroatoms. The second kappa shape index (κ2) is 8.00. The van der Waals surface area contributed by atoms with Gasteiger partial charge in [-0.25, -0.2) is 0 Å². The zero-order valence-electron chi connectivity index (χ0n) is 14.5. The number of hydrogen-bond acceptors (Lipinski definition) is 0. The Labute approximate surface area is 170 Å². The quantitative estimate of drug-likeness (QED) is 0.335. The highest BCUT2D eigenvalue weighted by Gasteiger charge is 2.10. The van der Waals surface area contributed by atoms with Gasteiger partial charge < -0.3 is 0 Å². The van der Waals surface area contributed by atoms with E-state index in [9.17, 15) is 0 Å². The molecule has 0 aliphatic rings. The highest BCUT2D eigenvalue weighted by atomic mass is 35.5. The third-order valence-electron chi connectivity index (χ3n) is 4.43. The number of hydrogen-bond donors (Lipinski definition) is 0. The zero-order valence-corrected chi connectivity index (χ0v) is 16.0. The van der Waals surface area contributed by atoms with E-state index in [0.717, 1.165) is 43.4 Å². The van der Waals surface area contributed by atoms with Crippen molar-refractivity contribution in [2.75, 3.05) is 0 Å². The van der Waals surface area contributed by atoms with Gasteiger partial charge >= 0.3 is 0 Å². The molecule has 0 saturated heterocycles. The van der Waals surface area contributed by atoms with E-state index in [1.165, 1.54) is 0 Å². The summed E-state index contributed by atoms with van der Waals surface area (Å²) in [6.07, 6.45) is 3.60. The van der Waals surface area contributed by atoms with Crippen molar-refractivity contribution in [3.8, 4) is 22.3 Å². The Bertz CT molecular complexity index is 961. The van der Waals surface area contributed by atoms with Gasteiger partial charge in [0.2, 0.25) is 0 Å². The molecule has 4 aromatic rings. The van der Waals surface area contributed by atoms with Gasteiger partial charge in [0.1, 0.15) is 0 Å². The molecule has 0 aromatic heterocycles. The fourth-order valence-corrected chi connectivity index (χ4v) is 3.34. The monoisotopic (exact) mass is 386 g/mol. The smallest absolute Gasteiger partial charge is 0.0514 e. The van der Waals surface area contributed by atoms with Gasteiger partial charge in [-0.05, 0) is 57.6 Å². The van der Waals surface area contributed by atoms with Crippen LogP contribution in [0.15, 0.2) is 97.1 Å². The number of halogens is 2. The van der Waals surface area contributed by atoms with Gasteiger partial charge in [-0.1, -0.05) is 96.0 Å². The summed E-state index contributed by atoms with van der Waals surface area (Å²) in [7, 11) is 0. The largest absolute Gasteiger partial charge is 0.0843 e. The van der Waals surface area contributed by atoms with Crippen LogP contribution in [0.4, 0.5) is 0 Å². The predicted octanol–water partition coefficient (Wildman–Crippen LogP) is 7.81. The van der Waals surface area contributed by atoms with E-state index < -0.39 is 0 Å². The molecule has 0 aliphatic carbocycles. The van der Waals surface area contributed by atoms with E-state index in [2.05, 4.69) is 30.7 Å². The highest BCUT2D eigenvalue weighted by Crippen LogP contribution is 2.32. The summed E-state index contributed by atoms with van der Waals surface area (Å²) < 4.78 is 0. The lowest BCUT2D eigenvalue weighted by Gasteiger charge is -2.13. The van der Waals surface area contributed by atoms with Crippen molar-refractivity contribution in [2.24, 2.45) is 0 Å². The van der Waals surface area contributed by atoms with E-state index in [0.29, 0.717) is 0 Å². The van der Waals surface area contributed by atoms with Gasteiger partial charge in [-0.2, -0.15) is 0 Å². The van der Waals surface area contributed by atoms with E-state index in [1.54, 1.807) is 0 Å². The Hall–Kier alpha value is -2.54. The summed E-state index contributed by atoms with van der Waals surface area (Å²) in [5, 5.41) is 1.47. The molecular formula is C25H16Cl2. The van der Waals surface area contributed by atoms with Crippen LogP contribution in [-0.4, -0.2) is 0 Å². The van der Waals surface area contributed by atoms with Crippen LogP contribution in [0.25, 0.3) is 22.3 Å². The van der Waals surface area contributed by atoms with Crippen molar-refractivity contribution in [3.05, 3.63) is 125 Å². The Balaban J connectivity index is 1.74. The fraction of sp³-hybridized carbons (Fsp3) is 0. The molecule has 4 rings (SSSR count). The van der Waals surface area contributed by atoms with Crippen LogP contribution in [0.5, 0.6) is 0 Å². The van der Waals surface area contributed by atoms with E-state index in [-0.39, 0.29) is 0 Å². The molecule has 0 N–H and O–H groups in total. The van der Waals surface area contributed by atoms with Crippen LogP contribution in [0.1, 0.15) is 11.1 Å². The number of benzene rings is 4. The second-order valence-corrected chi connectivity index (χ2v) is 7.10. The Morgan fingerprint density at radius 3 is 1.22 bits per heavy atom. The Kier molecular flexibility index (Phi) is 5.29.